The van der Waals surface area contributed by atoms with Crippen LogP contribution in [0.1, 0.15) is 31.1 Å². The van der Waals surface area contributed by atoms with Gasteiger partial charge < -0.3 is 9.57 Å². The van der Waals surface area contributed by atoms with E-state index in [-0.39, 0.29) is 0 Å². The Hall–Kier alpha value is -2.56. The van der Waals surface area contributed by atoms with Gasteiger partial charge in [-0.1, -0.05) is 36.4 Å². The summed E-state index contributed by atoms with van der Waals surface area (Å²) in [6, 6.07) is 12.8. The largest absolute Gasteiger partial charge is 0.443 e. The molecule has 0 atom stereocenters. The molecular weight excluding hydrogens is 282 g/mol. The van der Waals surface area contributed by atoms with Gasteiger partial charge >= 0.3 is 12.1 Å². The summed E-state index contributed by atoms with van der Waals surface area (Å²) in [6.07, 6.45) is -0.721. The summed E-state index contributed by atoms with van der Waals surface area (Å²) < 4.78 is 5.13. The summed E-state index contributed by atoms with van der Waals surface area (Å²) in [7, 11) is 1.34. The number of fused-ring (bicyclic) bond motifs is 1. The number of benzene rings is 2. The molecule has 116 valence electrons. The highest BCUT2D eigenvalue weighted by atomic mass is 16.8. The monoisotopic (exact) mass is 301 g/mol. The molecule has 0 radical (unpaired) electrons. The van der Waals surface area contributed by atoms with Crippen LogP contribution in [0.2, 0.25) is 0 Å². The quantitative estimate of drug-likeness (QED) is 0.752. The molecule has 0 aliphatic carbocycles. The first-order valence-corrected chi connectivity index (χ1v) is 6.95. The first-order chi connectivity index (χ1) is 10.3. The molecule has 2 aromatic rings. The smallest absolute Gasteiger partial charge is 0.442 e. The van der Waals surface area contributed by atoms with Gasteiger partial charge in [-0.3, -0.25) is 0 Å². The molecule has 0 spiro atoms. The Morgan fingerprint density at radius 1 is 1.00 bits per heavy atom. The molecule has 5 nitrogen and oxygen atoms in total. The van der Waals surface area contributed by atoms with Gasteiger partial charge in [0.05, 0.1) is 12.6 Å². The highest BCUT2D eigenvalue weighted by molar-refractivity contribution is 6.04. The topological polar surface area (TPSA) is 55.8 Å². The Kier molecular flexibility index (Phi) is 4.35. The van der Waals surface area contributed by atoms with Crippen molar-refractivity contribution in [1.29, 1.82) is 0 Å². The molecule has 0 aromatic heterocycles. The average Bonchev–Trinajstić information content (AvgIpc) is 2.44. The number of nitrogens with zero attached hydrogens (tertiary/aromatic N) is 1. The van der Waals surface area contributed by atoms with Gasteiger partial charge in [-0.25, -0.2) is 9.59 Å². The van der Waals surface area contributed by atoms with Crippen LogP contribution in [0.25, 0.3) is 10.8 Å². The van der Waals surface area contributed by atoms with Crippen LogP contribution in [0.4, 0.5) is 4.79 Å². The number of carbonyl (C=O) groups excluding carboxylic acids is 2. The van der Waals surface area contributed by atoms with Gasteiger partial charge in [-0.2, -0.15) is 0 Å². The first-order valence-electron chi connectivity index (χ1n) is 6.95. The molecule has 0 aliphatic heterocycles. The fourth-order valence-corrected chi connectivity index (χ4v) is 1.94. The molecule has 0 unspecified atom stereocenters. The lowest BCUT2D eigenvalue weighted by molar-refractivity contribution is -0.0930. The zero-order chi connectivity index (χ0) is 16.3. The van der Waals surface area contributed by atoms with Crippen molar-refractivity contribution >= 4 is 22.8 Å². The fourth-order valence-electron chi connectivity index (χ4n) is 1.94. The van der Waals surface area contributed by atoms with Crippen LogP contribution >= 0.6 is 0 Å². The maximum atomic E-state index is 12.3. The van der Waals surface area contributed by atoms with Crippen molar-refractivity contribution in [3.8, 4) is 0 Å². The molecule has 2 aromatic carbocycles. The van der Waals surface area contributed by atoms with Crippen LogP contribution in [0.3, 0.4) is 0 Å². The minimum Gasteiger partial charge on any atom is -0.442 e. The standard InChI is InChI=1S/C17H19NO4/c1-17(2,3)21-16(20)18(4)22-15(19)14-11-7-9-12-8-5-6-10-13(12)14/h5-11H,1-4H3. The van der Waals surface area contributed by atoms with E-state index in [9.17, 15) is 9.59 Å². The lowest BCUT2D eigenvalue weighted by Crippen LogP contribution is -2.35. The van der Waals surface area contributed by atoms with E-state index < -0.39 is 17.7 Å². The minimum atomic E-state index is -0.721. The number of rotatable bonds is 1. The molecule has 0 fully saturated rings. The summed E-state index contributed by atoms with van der Waals surface area (Å²) in [5, 5.41) is 2.50. The third kappa shape index (κ3) is 3.75. The number of hydrogen-bond acceptors (Lipinski definition) is 4. The van der Waals surface area contributed by atoms with Crippen molar-refractivity contribution in [2.45, 2.75) is 26.4 Å². The van der Waals surface area contributed by atoms with Crippen molar-refractivity contribution < 1.29 is 19.2 Å². The molecule has 0 aliphatic rings. The van der Waals surface area contributed by atoms with Crippen molar-refractivity contribution in [3.63, 3.8) is 0 Å². The van der Waals surface area contributed by atoms with E-state index >= 15 is 0 Å². The third-order valence-corrected chi connectivity index (χ3v) is 2.88. The van der Waals surface area contributed by atoms with Crippen molar-refractivity contribution in [2.75, 3.05) is 7.05 Å². The second-order valence-corrected chi connectivity index (χ2v) is 5.88. The Bertz CT molecular complexity index is 698. The van der Waals surface area contributed by atoms with E-state index in [1.807, 2.05) is 30.3 Å². The number of ether oxygens (including phenoxy) is 1. The molecule has 0 saturated heterocycles. The third-order valence-electron chi connectivity index (χ3n) is 2.88. The van der Waals surface area contributed by atoms with Crippen LogP contribution in [-0.4, -0.2) is 29.8 Å². The Morgan fingerprint density at radius 3 is 2.32 bits per heavy atom. The number of amides is 1. The summed E-state index contributed by atoms with van der Waals surface area (Å²) in [5.74, 6) is -0.606. The van der Waals surface area contributed by atoms with Gasteiger partial charge in [0.15, 0.2) is 0 Å². The van der Waals surface area contributed by atoms with E-state index in [4.69, 9.17) is 9.57 Å². The Labute approximate surface area is 129 Å². The lowest BCUT2D eigenvalue weighted by Gasteiger charge is -2.23. The number of hydroxylamine groups is 2. The molecule has 0 bridgehead atoms. The summed E-state index contributed by atoms with van der Waals surface area (Å²) in [4.78, 5) is 29.2. The Morgan fingerprint density at radius 2 is 1.64 bits per heavy atom. The number of hydrogen-bond donors (Lipinski definition) is 0. The summed E-state index contributed by atoms with van der Waals surface area (Å²) in [5.41, 5.74) is -0.259. The van der Waals surface area contributed by atoms with Gasteiger partial charge in [0, 0.05) is 0 Å². The SMILES string of the molecule is CN(OC(=O)c1cccc2ccccc12)C(=O)OC(C)(C)C. The van der Waals surface area contributed by atoms with Gasteiger partial charge in [0.1, 0.15) is 5.60 Å². The summed E-state index contributed by atoms with van der Waals surface area (Å²) >= 11 is 0. The van der Waals surface area contributed by atoms with Gasteiger partial charge in [-0.15, -0.1) is 5.06 Å². The van der Waals surface area contributed by atoms with Crippen LogP contribution in [0.15, 0.2) is 42.5 Å². The van der Waals surface area contributed by atoms with Crippen LogP contribution in [0, 0.1) is 0 Å². The van der Waals surface area contributed by atoms with Gasteiger partial charge in [0.25, 0.3) is 0 Å². The molecule has 0 N–H and O–H groups in total. The van der Waals surface area contributed by atoms with Gasteiger partial charge in [-0.05, 0) is 37.6 Å². The van der Waals surface area contributed by atoms with Gasteiger partial charge in [0.2, 0.25) is 0 Å². The molecule has 22 heavy (non-hydrogen) atoms. The normalized spacial score (nSPS) is 11.1. The van der Waals surface area contributed by atoms with E-state index in [1.54, 1.807) is 32.9 Å². The van der Waals surface area contributed by atoms with Crippen LogP contribution < -0.4 is 0 Å². The lowest BCUT2D eigenvalue weighted by atomic mass is 10.1. The average molecular weight is 301 g/mol. The second kappa shape index (κ2) is 6.05. The fraction of sp³-hybridized carbons (Fsp3) is 0.294. The summed E-state index contributed by atoms with van der Waals surface area (Å²) in [6.45, 7) is 5.22. The highest BCUT2D eigenvalue weighted by Gasteiger charge is 2.23. The molecule has 5 heteroatoms. The van der Waals surface area contributed by atoms with Crippen molar-refractivity contribution in [1.82, 2.24) is 5.06 Å². The molecule has 0 saturated carbocycles. The minimum absolute atomic E-state index is 0.397. The van der Waals surface area contributed by atoms with E-state index in [1.165, 1.54) is 7.05 Å². The maximum absolute atomic E-state index is 12.3. The molecule has 0 heterocycles. The highest BCUT2D eigenvalue weighted by Crippen LogP contribution is 2.19. The maximum Gasteiger partial charge on any atom is 0.443 e. The van der Waals surface area contributed by atoms with Crippen molar-refractivity contribution in [2.24, 2.45) is 0 Å². The first kappa shape index (κ1) is 15.8. The van der Waals surface area contributed by atoms with Crippen molar-refractivity contribution in [3.05, 3.63) is 48.0 Å². The molecular formula is C17H19NO4. The van der Waals surface area contributed by atoms with E-state index in [0.29, 0.717) is 5.56 Å². The molecule has 1 amide bonds. The molecule has 2 rings (SSSR count). The van der Waals surface area contributed by atoms with Crippen LogP contribution in [0.5, 0.6) is 0 Å². The zero-order valence-corrected chi connectivity index (χ0v) is 13.1. The van der Waals surface area contributed by atoms with E-state index in [0.717, 1.165) is 15.8 Å². The predicted molar refractivity (Wildman–Crippen MR) is 83.4 cm³/mol. The van der Waals surface area contributed by atoms with E-state index in [2.05, 4.69) is 0 Å². The van der Waals surface area contributed by atoms with Crippen LogP contribution in [-0.2, 0) is 9.57 Å². The zero-order valence-electron chi connectivity index (χ0n) is 13.1. The second-order valence-electron chi connectivity index (χ2n) is 5.88. The predicted octanol–water partition coefficient (Wildman–Crippen LogP) is 3.78. The number of carbonyl (C=O) groups is 2. The Balaban J connectivity index is 2.16.